The lowest BCUT2D eigenvalue weighted by Gasteiger charge is -2.27. The Balaban J connectivity index is 0.00000256. The number of benzene rings is 4. The van der Waals surface area contributed by atoms with Gasteiger partial charge in [-0.25, -0.2) is 0 Å². The highest BCUT2D eigenvalue weighted by Crippen LogP contribution is 2.58. The lowest BCUT2D eigenvalue weighted by atomic mass is 10.2. The van der Waals surface area contributed by atoms with Crippen molar-refractivity contribution >= 4 is 28.9 Å². The van der Waals surface area contributed by atoms with Crippen LogP contribution in [-0.4, -0.2) is 4.92 Å². The van der Waals surface area contributed by atoms with E-state index in [1.807, 2.05) is 24.3 Å². The van der Waals surface area contributed by atoms with Crippen LogP contribution in [0.3, 0.4) is 0 Å². The molecule has 0 amide bonds. The van der Waals surface area contributed by atoms with E-state index in [4.69, 9.17) is 0 Å². The third-order valence-electron chi connectivity index (χ3n) is 5.13. The Morgan fingerprint density at radius 1 is 0.633 bits per heavy atom. The Morgan fingerprint density at radius 3 is 1.47 bits per heavy atom. The summed E-state index contributed by atoms with van der Waals surface area (Å²) in [6.45, 7) is 0. The highest BCUT2D eigenvalue weighted by atomic mass is 35.5. The molecule has 0 saturated heterocycles. The van der Waals surface area contributed by atoms with Gasteiger partial charge in [-0.3, -0.25) is 10.1 Å². The van der Waals surface area contributed by atoms with Gasteiger partial charge in [0.1, 0.15) is 23.2 Å². The van der Waals surface area contributed by atoms with E-state index in [-0.39, 0.29) is 23.0 Å². The van der Waals surface area contributed by atoms with Gasteiger partial charge in [-0.15, -0.1) is 0 Å². The maximum absolute atomic E-state index is 11.3. The molecule has 4 aromatic carbocycles. The average molecular weight is 434 g/mol. The molecular formula is C25H21ClNO2P. The van der Waals surface area contributed by atoms with Crippen LogP contribution in [0.25, 0.3) is 0 Å². The van der Waals surface area contributed by atoms with Gasteiger partial charge in [0, 0.05) is 12.1 Å². The van der Waals surface area contributed by atoms with Gasteiger partial charge in [-0.1, -0.05) is 66.7 Å². The van der Waals surface area contributed by atoms with Crippen molar-refractivity contribution < 1.29 is 17.3 Å². The van der Waals surface area contributed by atoms with E-state index in [0.717, 1.165) is 11.7 Å². The van der Waals surface area contributed by atoms with Gasteiger partial charge in [0.05, 0.1) is 11.1 Å². The predicted octanol–water partition coefficient (Wildman–Crippen LogP) is 2.09. The molecule has 150 valence electrons. The van der Waals surface area contributed by atoms with Crippen LogP contribution in [0.1, 0.15) is 5.56 Å². The van der Waals surface area contributed by atoms with Crippen LogP contribution >= 0.6 is 7.26 Å². The zero-order valence-electron chi connectivity index (χ0n) is 16.3. The summed E-state index contributed by atoms with van der Waals surface area (Å²) in [6, 6.07) is 38.7. The predicted molar refractivity (Wildman–Crippen MR) is 122 cm³/mol. The molecule has 0 fully saturated rings. The molecule has 0 radical (unpaired) electrons. The number of halogens is 1. The summed E-state index contributed by atoms with van der Waals surface area (Å²) in [5.74, 6) is 0. The quantitative estimate of drug-likeness (QED) is 0.265. The van der Waals surface area contributed by atoms with Crippen LogP contribution in [-0.2, 0) is 6.16 Å². The second kappa shape index (κ2) is 9.67. The van der Waals surface area contributed by atoms with E-state index in [1.54, 1.807) is 18.2 Å². The van der Waals surface area contributed by atoms with Gasteiger partial charge in [-0.05, 0) is 42.0 Å². The lowest BCUT2D eigenvalue weighted by molar-refractivity contribution is -0.384. The third-order valence-corrected chi connectivity index (χ3v) is 9.51. The number of nitro benzene ring substituents is 1. The van der Waals surface area contributed by atoms with Gasteiger partial charge < -0.3 is 12.4 Å². The first-order chi connectivity index (χ1) is 14.2. The number of nitrogens with zero attached hydrogens (tertiary/aromatic N) is 1. The molecule has 0 saturated carbocycles. The summed E-state index contributed by atoms with van der Waals surface area (Å²) in [4.78, 5) is 11.0. The van der Waals surface area contributed by atoms with Crippen LogP contribution < -0.4 is 28.3 Å². The number of non-ortho nitro benzene ring substituents is 1. The van der Waals surface area contributed by atoms with Crippen molar-refractivity contribution in [3.05, 3.63) is 131 Å². The molecule has 0 atom stereocenters. The van der Waals surface area contributed by atoms with Gasteiger partial charge in [0.25, 0.3) is 5.69 Å². The van der Waals surface area contributed by atoms with Gasteiger partial charge in [0.15, 0.2) is 0 Å². The molecule has 0 spiro atoms. The molecule has 4 aromatic rings. The van der Waals surface area contributed by atoms with Gasteiger partial charge >= 0.3 is 0 Å². The molecule has 0 heterocycles. The Labute approximate surface area is 183 Å². The average Bonchev–Trinajstić information content (AvgIpc) is 2.79. The number of rotatable bonds is 6. The van der Waals surface area contributed by atoms with Crippen molar-refractivity contribution in [1.82, 2.24) is 0 Å². The number of nitro groups is 1. The Hall–Kier alpha value is -3.00. The third kappa shape index (κ3) is 4.28. The first-order valence-corrected chi connectivity index (χ1v) is 11.5. The lowest BCUT2D eigenvalue weighted by Crippen LogP contribution is -3.00. The van der Waals surface area contributed by atoms with Crippen LogP contribution in [0, 0.1) is 10.1 Å². The highest BCUT2D eigenvalue weighted by Gasteiger charge is 2.45. The first kappa shape index (κ1) is 21.7. The van der Waals surface area contributed by atoms with E-state index in [2.05, 4.69) is 72.8 Å². The molecule has 3 nitrogen and oxygen atoms in total. The minimum absolute atomic E-state index is 0. The molecule has 0 aromatic heterocycles. The number of hydrogen-bond donors (Lipinski definition) is 0. The largest absolute Gasteiger partial charge is 1.00 e. The summed E-state index contributed by atoms with van der Waals surface area (Å²) in [7, 11) is -2.05. The zero-order chi connectivity index (χ0) is 20.1. The van der Waals surface area contributed by atoms with Crippen molar-refractivity contribution in [1.29, 1.82) is 0 Å². The van der Waals surface area contributed by atoms with Crippen LogP contribution in [0.5, 0.6) is 0 Å². The van der Waals surface area contributed by atoms with E-state index in [9.17, 15) is 10.1 Å². The topological polar surface area (TPSA) is 43.1 Å². The molecule has 0 unspecified atom stereocenters. The Morgan fingerprint density at radius 2 is 1.07 bits per heavy atom. The molecule has 0 aliphatic rings. The van der Waals surface area contributed by atoms with E-state index in [1.165, 1.54) is 15.9 Å². The van der Waals surface area contributed by atoms with Crippen molar-refractivity contribution in [3.63, 3.8) is 0 Å². The van der Waals surface area contributed by atoms with E-state index in [0.29, 0.717) is 0 Å². The first-order valence-electron chi connectivity index (χ1n) is 9.48. The fraction of sp³-hybridized carbons (Fsp3) is 0.0400. The molecule has 0 aliphatic carbocycles. The van der Waals surface area contributed by atoms with Crippen molar-refractivity contribution in [2.75, 3.05) is 0 Å². The second-order valence-electron chi connectivity index (χ2n) is 6.90. The summed E-state index contributed by atoms with van der Waals surface area (Å²) < 4.78 is 0. The molecule has 4 rings (SSSR count). The van der Waals surface area contributed by atoms with Gasteiger partial charge in [0.2, 0.25) is 0 Å². The normalized spacial score (nSPS) is 10.8. The number of hydrogen-bond acceptors (Lipinski definition) is 2. The SMILES string of the molecule is O=[N+]([O-])c1cccc(C[P+](c2ccccc2)(c2ccccc2)c2ccccc2)c1.[Cl-]. The maximum atomic E-state index is 11.3. The highest BCUT2D eigenvalue weighted by molar-refractivity contribution is 7.95. The molecule has 5 heteroatoms. The second-order valence-corrected chi connectivity index (χ2v) is 10.4. The summed E-state index contributed by atoms with van der Waals surface area (Å²) in [5.41, 5.74) is 1.11. The smallest absolute Gasteiger partial charge is 0.269 e. The molecule has 0 aliphatic heterocycles. The summed E-state index contributed by atoms with van der Waals surface area (Å²) in [5, 5.41) is 15.1. The van der Waals surface area contributed by atoms with E-state index < -0.39 is 7.26 Å². The van der Waals surface area contributed by atoms with Crippen LogP contribution in [0.2, 0.25) is 0 Å². The molecular weight excluding hydrogens is 413 g/mol. The van der Waals surface area contributed by atoms with E-state index >= 15 is 0 Å². The summed E-state index contributed by atoms with van der Waals surface area (Å²) >= 11 is 0. The Kier molecular flexibility index (Phi) is 6.99. The van der Waals surface area contributed by atoms with Crippen LogP contribution in [0.4, 0.5) is 5.69 Å². The van der Waals surface area contributed by atoms with Crippen LogP contribution in [0.15, 0.2) is 115 Å². The van der Waals surface area contributed by atoms with Crippen molar-refractivity contribution in [2.45, 2.75) is 6.16 Å². The van der Waals surface area contributed by atoms with Crippen molar-refractivity contribution in [2.24, 2.45) is 0 Å². The fourth-order valence-corrected chi connectivity index (χ4v) is 8.04. The zero-order valence-corrected chi connectivity index (χ0v) is 17.9. The monoisotopic (exact) mass is 433 g/mol. The molecule has 0 N–H and O–H groups in total. The minimum Gasteiger partial charge on any atom is -1.00 e. The minimum atomic E-state index is -2.05. The van der Waals surface area contributed by atoms with Crippen molar-refractivity contribution in [3.8, 4) is 0 Å². The summed E-state index contributed by atoms with van der Waals surface area (Å²) in [6.07, 6.45) is 0.729. The fourth-order valence-electron chi connectivity index (χ4n) is 3.81. The Bertz CT molecular complexity index is 1010. The molecule has 0 bridgehead atoms. The maximum Gasteiger partial charge on any atom is 0.269 e. The standard InChI is InChI=1S/C25H21NO2P.ClH/c27-26(28)22-12-10-11-21(19-22)20-29(23-13-4-1-5-14-23,24-15-6-2-7-16-24)25-17-8-3-9-18-25;/h1-19H,20H2;1H/q+1;/p-1. The van der Waals surface area contributed by atoms with Gasteiger partial charge in [-0.2, -0.15) is 0 Å². The molecule has 30 heavy (non-hydrogen) atoms.